The van der Waals surface area contributed by atoms with E-state index in [1.54, 1.807) is 0 Å². The van der Waals surface area contributed by atoms with Crippen molar-refractivity contribution < 1.29 is 27.4 Å². The highest BCUT2D eigenvalue weighted by molar-refractivity contribution is 6.02. The van der Waals surface area contributed by atoms with Crippen LogP contribution < -0.4 is 14.2 Å². The van der Waals surface area contributed by atoms with Gasteiger partial charge in [0.1, 0.15) is 19.0 Å². The minimum absolute atomic E-state index is 0.0922. The van der Waals surface area contributed by atoms with Gasteiger partial charge in [-0.2, -0.15) is 18.3 Å². The molecule has 3 aromatic rings. The van der Waals surface area contributed by atoms with E-state index >= 15 is 0 Å². The largest absolute Gasteiger partial charge is 0.486 e. The highest BCUT2D eigenvalue weighted by atomic mass is 19.4. The summed E-state index contributed by atoms with van der Waals surface area (Å²) >= 11 is 0. The van der Waals surface area contributed by atoms with Crippen LogP contribution in [0.3, 0.4) is 0 Å². The highest BCUT2D eigenvalue weighted by Gasteiger charge is 2.41. The highest BCUT2D eigenvalue weighted by Crippen LogP contribution is 2.48. The van der Waals surface area contributed by atoms with Gasteiger partial charge < -0.3 is 14.2 Å². The number of ether oxygens (including phenoxy) is 3. The molecule has 0 radical (unpaired) electrons. The van der Waals surface area contributed by atoms with Gasteiger partial charge in [0.15, 0.2) is 11.5 Å². The molecule has 168 valence electrons. The van der Waals surface area contributed by atoms with Gasteiger partial charge in [0.05, 0.1) is 17.3 Å². The molecule has 0 bridgehead atoms. The number of hydrogen-bond donors (Lipinski definition) is 0. The standard InChI is InChI=1S/C25H19F3N2O3/c26-25(27,28)17-8-5-15(6-9-17)24-30-20(18-3-1-2-4-21(18)33-24)14-19(29-30)16-7-10-22-23(13-16)32-12-11-31-22/h1-10,13,20,24H,11-12,14H2/t20-,24+/m1/s1. The van der Waals surface area contributed by atoms with E-state index in [1.807, 2.05) is 47.5 Å². The second-order valence-corrected chi connectivity index (χ2v) is 8.13. The molecule has 0 aromatic heterocycles. The lowest BCUT2D eigenvalue weighted by Gasteiger charge is -2.38. The molecule has 0 saturated carbocycles. The van der Waals surface area contributed by atoms with E-state index in [9.17, 15) is 13.2 Å². The lowest BCUT2D eigenvalue weighted by atomic mass is 9.95. The molecule has 0 saturated heterocycles. The van der Waals surface area contributed by atoms with Crippen molar-refractivity contribution in [3.05, 3.63) is 89.0 Å². The third kappa shape index (κ3) is 3.46. The molecule has 3 aliphatic rings. The zero-order valence-electron chi connectivity index (χ0n) is 17.4. The minimum atomic E-state index is -4.39. The SMILES string of the molecule is FC(F)(F)c1ccc([C@@H]2Oc3ccccc3[C@H]3CC(c4ccc5c(c4)OCCO5)=NN32)cc1. The molecule has 0 fully saturated rings. The van der Waals surface area contributed by atoms with Crippen molar-refractivity contribution in [1.82, 2.24) is 5.01 Å². The lowest BCUT2D eigenvalue weighted by Crippen LogP contribution is -2.33. The zero-order chi connectivity index (χ0) is 22.6. The van der Waals surface area contributed by atoms with Crippen molar-refractivity contribution >= 4 is 5.71 Å². The summed E-state index contributed by atoms with van der Waals surface area (Å²) in [5.41, 5.74) is 2.68. The molecule has 3 aromatic carbocycles. The number of para-hydroxylation sites is 1. The summed E-state index contributed by atoms with van der Waals surface area (Å²) in [5, 5.41) is 6.71. The monoisotopic (exact) mass is 452 g/mol. The van der Waals surface area contributed by atoms with Crippen molar-refractivity contribution in [3.63, 3.8) is 0 Å². The zero-order valence-corrected chi connectivity index (χ0v) is 17.4. The Labute approximate surface area is 188 Å². The summed E-state index contributed by atoms with van der Waals surface area (Å²) < 4.78 is 56.7. The number of halogens is 3. The molecule has 0 unspecified atom stereocenters. The molecule has 8 heteroatoms. The van der Waals surface area contributed by atoms with Crippen LogP contribution in [0.5, 0.6) is 17.2 Å². The number of hydrogen-bond acceptors (Lipinski definition) is 5. The van der Waals surface area contributed by atoms with E-state index < -0.39 is 18.0 Å². The summed E-state index contributed by atoms with van der Waals surface area (Å²) in [7, 11) is 0. The van der Waals surface area contributed by atoms with Gasteiger partial charge in [-0.25, -0.2) is 5.01 Å². The molecule has 0 N–H and O–H groups in total. The Morgan fingerprint density at radius 2 is 1.61 bits per heavy atom. The number of benzene rings is 3. The van der Waals surface area contributed by atoms with Crippen molar-refractivity contribution in [3.8, 4) is 17.2 Å². The van der Waals surface area contributed by atoms with Crippen molar-refractivity contribution in [2.45, 2.75) is 24.9 Å². The van der Waals surface area contributed by atoms with Gasteiger partial charge >= 0.3 is 6.18 Å². The predicted octanol–water partition coefficient (Wildman–Crippen LogP) is 5.72. The molecule has 2 atom stereocenters. The molecule has 6 rings (SSSR count). The number of rotatable bonds is 2. The smallest absolute Gasteiger partial charge is 0.416 e. The fourth-order valence-corrected chi connectivity index (χ4v) is 4.49. The first-order chi connectivity index (χ1) is 16.0. The quantitative estimate of drug-likeness (QED) is 0.499. The normalized spacial score (nSPS) is 21.1. The van der Waals surface area contributed by atoms with Gasteiger partial charge in [0.2, 0.25) is 6.23 Å². The van der Waals surface area contributed by atoms with Crippen LogP contribution >= 0.6 is 0 Å². The van der Waals surface area contributed by atoms with Gasteiger partial charge in [-0.3, -0.25) is 0 Å². The van der Waals surface area contributed by atoms with Crippen LogP contribution in [0.25, 0.3) is 0 Å². The second kappa shape index (κ2) is 7.43. The van der Waals surface area contributed by atoms with Gasteiger partial charge in [0, 0.05) is 23.1 Å². The first kappa shape index (κ1) is 20.0. The van der Waals surface area contributed by atoms with Gasteiger partial charge in [0.25, 0.3) is 0 Å². The Bertz CT molecular complexity index is 1240. The van der Waals surface area contributed by atoms with Gasteiger partial charge in [-0.1, -0.05) is 30.3 Å². The second-order valence-electron chi connectivity index (χ2n) is 8.13. The molecule has 3 aliphatic heterocycles. The van der Waals surface area contributed by atoms with Crippen molar-refractivity contribution in [2.24, 2.45) is 5.10 Å². The average Bonchev–Trinajstić information content (AvgIpc) is 3.29. The van der Waals surface area contributed by atoms with Crippen LogP contribution in [0.4, 0.5) is 13.2 Å². The van der Waals surface area contributed by atoms with E-state index in [-0.39, 0.29) is 6.04 Å². The third-order valence-electron chi connectivity index (χ3n) is 6.10. The Kier molecular flexibility index (Phi) is 4.50. The van der Waals surface area contributed by atoms with Crippen molar-refractivity contribution in [2.75, 3.05) is 13.2 Å². The number of fused-ring (bicyclic) bond motifs is 4. The predicted molar refractivity (Wildman–Crippen MR) is 114 cm³/mol. The molecular weight excluding hydrogens is 433 g/mol. The van der Waals surface area contributed by atoms with Gasteiger partial charge in [-0.05, 0) is 36.4 Å². The van der Waals surface area contributed by atoms with Crippen molar-refractivity contribution in [1.29, 1.82) is 0 Å². The topological polar surface area (TPSA) is 43.3 Å². The Hall–Kier alpha value is -3.68. The van der Waals surface area contributed by atoms with Gasteiger partial charge in [-0.15, -0.1) is 0 Å². The third-order valence-corrected chi connectivity index (χ3v) is 6.10. The first-order valence-corrected chi connectivity index (χ1v) is 10.7. The van der Waals surface area contributed by atoms with E-state index in [1.165, 1.54) is 12.1 Å². The van der Waals surface area contributed by atoms with Crippen LogP contribution in [0.15, 0.2) is 71.8 Å². The molecule has 0 spiro atoms. The summed E-state index contributed by atoms with van der Waals surface area (Å²) in [6.07, 6.45) is -4.39. The number of hydrazone groups is 1. The van der Waals surface area contributed by atoms with E-state index in [2.05, 4.69) is 0 Å². The Balaban J connectivity index is 1.38. The average molecular weight is 452 g/mol. The molecule has 33 heavy (non-hydrogen) atoms. The van der Waals surface area contributed by atoms with Crippen LogP contribution in [-0.2, 0) is 6.18 Å². The summed E-state index contributed by atoms with van der Waals surface area (Å²) in [6, 6.07) is 18.4. The number of nitrogens with zero attached hydrogens (tertiary/aromatic N) is 2. The molecule has 3 heterocycles. The van der Waals surface area contributed by atoms with E-state index in [0.717, 1.165) is 29.0 Å². The Morgan fingerprint density at radius 3 is 2.39 bits per heavy atom. The number of alkyl halides is 3. The van der Waals surface area contributed by atoms with Crippen LogP contribution in [0.1, 0.15) is 40.9 Å². The van der Waals surface area contributed by atoms with E-state index in [4.69, 9.17) is 19.3 Å². The van der Waals surface area contributed by atoms with Crippen LogP contribution in [0.2, 0.25) is 0 Å². The fraction of sp³-hybridized carbons (Fsp3) is 0.240. The summed E-state index contributed by atoms with van der Waals surface area (Å²) in [4.78, 5) is 0. The van der Waals surface area contributed by atoms with E-state index in [0.29, 0.717) is 42.4 Å². The molecule has 0 aliphatic carbocycles. The lowest BCUT2D eigenvalue weighted by molar-refractivity contribution is -0.137. The summed E-state index contributed by atoms with van der Waals surface area (Å²) in [5.74, 6) is 2.10. The Morgan fingerprint density at radius 1 is 0.848 bits per heavy atom. The maximum Gasteiger partial charge on any atom is 0.416 e. The summed E-state index contributed by atoms with van der Waals surface area (Å²) in [6.45, 7) is 1.01. The molecular formula is C25H19F3N2O3. The fourth-order valence-electron chi connectivity index (χ4n) is 4.49. The molecule has 5 nitrogen and oxygen atoms in total. The molecule has 0 amide bonds. The van der Waals surface area contributed by atoms with Crippen LogP contribution in [-0.4, -0.2) is 23.9 Å². The maximum absolute atomic E-state index is 13.1. The first-order valence-electron chi connectivity index (χ1n) is 10.7. The maximum atomic E-state index is 13.1. The van der Waals surface area contributed by atoms with Crippen LogP contribution in [0, 0.1) is 0 Å². The minimum Gasteiger partial charge on any atom is -0.486 e.